The quantitative estimate of drug-likeness (QED) is 0.466. The Labute approximate surface area is 176 Å². The Morgan fingerprint density at radius 1 is 1.00 bits per heavy atom. The third-order valence-corrected chi connectivity index (χ3v) is 6.64. The molecule has 0 amide bonds. The van der Waals surface area contributed by atoms with Gasteiger partial charge >= 0.3 is 0 Å². The van der Waals surface area contributed by atoms with Crippen LogP contribution in [0, 0.1) is 0 Å². The number of benzene rings is 3. The van der Waals surface area contributed by atoms with Gasteiger partial charge in [0, 0.05) is 40.1 Å². The summed E-state index contributed by atoms with van der Waals surface area (Å²) < 4.78 is 34.6. The fourth-order valence-electron chi connectivity index (χ4n) is 3.67. The van der Waals surface area contributed by atoms with Crippen LogP contribution >= 0.6 is 0 Å². The average Bonchev–Trinajstić information content (AvgIpc) is 3.13. The van der Waals surface area contributed by atoms with Gasteiger partial charge in [-0.15, -0.1) is 0 Å². The zero-order valence-electron chi connectivity index (χ0n) is 17.3. The summed E-state index contributed by atoms with van der Waals surface area (Å²) in [6.07, 6.45) is 2.87. The van der Waals surface area contributed by atoms with Gasteiger partial charge in [-0.25, -0.2) is 8.42 Å². The standard InChI is InChI=1S/C23H25N3O3S/c1-26(2)13-12-16-15-24-21-11-10-17(14-20(16)21)25-30(27,28)23-9-5-6-18-19(23)7-4-8-22(18)29-3/h4-11,14-15,24-25H,12-13H2,1-3H3. The van der Waals surface area contributed by atoms with E-state index in [-0.39, 0.29) is 4.90 Å². The zero-order chi connectivity index (χ0) is 21.3. The van der Waals surface area contributed by atoms with E-state index in [2.05, 4.69) is 14.6 Å². The van der Waals surface area contributed by atoms with Crippen LogP contribution in [-0.2, 0) is 16.4 Å². The highest BCUT2D eigenvalue weighted by Crippen LogP contribution is 2.31. The predicted molar refractivity (Wildman–Crippen MR) is 122 cm³/mol. The molecule has 6 nitrogen and oxygen atoms in total. The van der Waals surface area contributed by atoms with Crippen LogP contribution in [0.1, 0.15) is 5.56 Å². The molecule has 2 N–H and O–H groups in total. The number of ether oxygens (including phenoxy) is 1. The second kappa shape index (κ2) is 8.01. The largest absolute Gasteiger partial charge is 0.496 e. The molecule has 0 aliphatic heterocycles. The number of H-pyrrole nitrogens is 1. The van der Waals surface area contributed by atoms with Gasteiger partial charge in [-0.2, -0.15) is 0 Å². The molecule has 0 atom stereocenters. The summed E-state index contributed by atoms with van der Waals surface area (Å²) >= 11 is 0. The molecule has 0 unspecified atom stereocenters. The minimum atomic E-state index is -3.78. The monoisotopic (exact) mass is 423 g/mol. The van der Waals surface area contributed by atoms with E-state index >= 15 is 0 Å². The number of aromatic amines is 1. The summed E-state index contributed by atoms with van der Waals surface area (Å²) in [4.78, 5) is 5.61. The fourth-order valence-corrected chi connectivity index (χ4v) is 4.94. The number of hydrogen-bond donors (Lipinski definition) is 2. The second-order valence-electron chi connectivity index (χ2n) is 7.54. The Morgan fingerprint density at radius 2 is 1.77 bits per heavy atom. The van der Waals surface area contributed by atoms with Crippen molar-refractivity contribution in [3.8, 4) is 5.75 Å². The molecule has 0 fully saturated rings. The van der Waals surface area contributed by atoms with Crippen molar-refractivity contribution in [3.63, 3.8) is 0 Å². The fraction of sp³-hybridized carbons (Fsp3) is 0.217. The summed E-state index contributed by atoms with van der Waals surface area (Å²) in [5, 5.41) is 2.41. The molecule has 1 heterocycles. The van der Waals surface area contributed by atoms with Gasteiger partial charge in [0.05, 0.1) is 12.0 Å². The van der Waals surface area contributed by atoms with Crippen molar-refractivity contribution in [2.24, 2.45) is 0 Å². The molecule has 156 valence electrons. The van der Waals surface area contributed by atoms with Crippen LogP contribution < -0.4 is 9.46 Å². The molecular weight excluding hydrogens is 398 g/mol. The number of methoxy groups -OCH3 is 1. The van der Waals surface area contributed by atoms with Gasteiger partial charge in [0.1, 0.15) is 5.75 Å². The number of nitrogens with zero attached hydrogens (tertiary/aromatic N) is 1. The number of fused-ring (bicyclic) bond motifs is 2. The molecule has 0 radical (unpaired) electrons. The van der Waals surface area contributed by atoms with E-state index < -0.39 is 10.0 Å². The van der Waals surface area contributed by atoms with Crippen molar-refractivity contribution in [2.45, 2.75) is 11.3 Å². The first-order valence-corrected chi connectivity index (χ1v) is 11.2. The number of likely N-dealkylation sites (N-methyl/N-ethyl adjacent to an activating group) is 1. The lowest BCUT2D eigenvalue weighted by Crippen LogP contribution is -2.15. The normalized spacial score (nSPS) is 12.0. The Morgan fingerprint density at radius 3 is 2.53 bits per heavy atom. The molecule has 0 saturated heterocycles. The Bertz CT molecular complexity index is 1310. The summed E-state index contributed by atoms with van der Waals surface area (Å²) in [5.74, 6) is 0.642. The van der Waals surface area contributed by atoms with Crippen LogP contribution in [0.2, 0.25) is 0 Å². The van der Waals surface area contributed by atoms with Crippen molar-refractivity contribution < 1.29 is 13.2 Å². The molecule has 0 spiro atoms. The summed E-state index contributed by atoms with van der Waals surface area (Å²) in [6.45, 7) is 0.917. The van der Waals surface area contributed by atoms with Gasteiger partial charge in [-0.05, 0) is 56.4 Å². The molecule has 7 heteroatoms. The van der Waals surface area contributed by atoms with Crippen molar-refractivity contribution in [2.75, 3.05) is 32.5 Å². The molecule has 0 aliphatic carbocycles. The number of rotatable bonds is 7. The van der Waals surface area contributed by atoms with Crippen LogP contribution in [0.15, 0.2) is 65.7 Å². The highest BCUT2D eigenvalue weighted by Gasteiger charge is 2.19. The summed E-state index contributed by atoms with van der Waals surface area (Å²) in [6, 6.07) is 16.2. The third kappa shape index (κ3) is 3.86. The van der Waals surface area contributed by atoms with Gasteiger partial charge in [-0.1, -0.05) is 24.3 Å². The Balaban J connectivity index is 1.71. The molecule has 30 heavy (non-hydrogen) atoms. The number of anilines is 1. The van der Waals surface area contributed by atoms with Crippen molar-refractivity contribution >= 4 is 37.4 Å². The number of sulfonamides is 1. The molecule has 4 rings (SSSR count). The van der Waals surface area contributed by atoms with Crippen LogP contribution in [0.25, 0.3) is 21.7 Å². The average molecular weight is 424 g/mol. The third-order valence-electron chi connectivity index (χ3n) is 5.20. The molecule has 0 aliphatic rings. The topological polar surface area (TPSA) is 74.4 Å². The van der Waals surface area contributed by atoms with Crippen LogP contribution in [0.5, 0.6) is 5.75 Å². The highest BCUT2D eigenvalue weighted by molar-refractivity contribution is 7.93. The summed E-state index contributed by atoms with van der Waals surface area (Å²) in [7, 11) is 1.87. The van der Waals surface area contributed by atoms with Crippen LogP contribution in [0.4, 0.5) is 5.69 Å². The maximum absolute atomic E-state index is 13.2. The van der Waals surface area contributed by atoms with E-state index in [1.165, 1.54) is 0 Å². The first kappa shape index (κ1) is 20.3. The molecule has 1 aromatic heterocycles. The molecule has 4 aromatic rings. The van der Waals surface area contributed by atoms with Crippen LogP contribution in [0.3, 0.4) is 0 Å². The number of aromatic nitrogens is 1. The molecule has 3 aromatic carbocycles. The maximum atomic E-state index is 13.2. The SMILES string of the molecule is COc1cccc2c(S(=O)(=O)Nc3ccc4[nH]cc(CCN(C)C)c4c3)cccc12. The van der Waals surface area contributed by atoms with Gasteiger partial charge < -0.3 is 14.6 Å². The van der Waals surface area contributed by atoms with E-state index in [9.17, 15) is 8.42 Å². The van der Waals surface area contributed by atoms with Crippen LogP contribution in [-0.4, -0.2) is 46.1 Å². The van der Waals surface area contributed by atoms with E-state index in [0.29, 0.717) is 16.8 Å². The minimum Gasteiger partial charge on any atom is -0.496 e. The second-order valence-corrected chi connectivity index (χ2v) is 9.20. The first-order valence-electron chi connectivity index (χ1n) is 9.72. The van der Waals surface area contributed by atoms with Crippen molar-refractivity contribution in [1.29, 1.82) is 0 Å². The maximum Gasteiger partial charge on any atom is 0.262 e. The van der Waals surface area contributed by atoms with E-state index in [0.717, 1.165) is 34.8 Å². The van der Waals surface area contributed by atoms with E-state index in [1.807, 2.05) is 44.6 Å². The predicted octanol–water partition coefficient (Wildman–Crippen LogP) is 4.23. The van der Waals surface area contributed by atoms with E-state index in [4.69, 9.17) is 4.74 Å². The highest BCUT2D eigenvalue weighted by atomic mass is 32.2. The minimum absolute atomic E-state index is 0.223. The lowest BCUT2D eigenvalue weighted by molar-refractivity contribution is 0.414. The Kier molecular flexibility index (Phi) is 5.40. The first-order chi connectivity index (χ1) is 14.4. The molecule has 0 bridgehead atoms. The Hall–Kier alpha value is -3.03. The van der Waals surface area contributed by atoms with Gasteiger partial charge in [-0.3, -0.25) is 4.72 Å². The van der Waals surface area contributed by atoms with E-state index in [1.54, 1.807) is 37.4 Å². The van der Waals surface area contributed by atoms with Crippen molar-refractivity contribution in [1.82, 2.24) is 9.88 Å². The molecular formula is C23H25N3O3S. The van der Waals surface area contributed by atoms with Gasteiger partial charge in [0.15, 0.2) is 0 Å². The van der Waals surface area contributed by atoms with Gasteiger partial charge in [0.25, 0.3) is 10.0 Å². The number of hydrogen-bond acceptors (Lipinski definition) is 4. The lowest BCUT2D eigenvalue weighted by Gasteiger charge is -2.13. The van der Waals surface area contributed by atoms with Crippen molar-refractivity contribution in [3.05, 3.63) is 66.4 Å². The summed E-state index contributed by atoms with van der Waals surface area (Å²) in [5.41, 5.74) is 2.68. The smallest absolute Gasteiger partial charge is 0.262 e. The lowest BCUT2D eigenvalue weighted by atomic mass is 10.1. The number of nitrogens with one attached hydrogen (secondary N) is 2. The molecule has 0 saturated carbocycles. The zero-order valence-corrected chi connectivity index (χ0v) is 18.1. The van der Waals surface area contributed by atoms with Gasteiger partial charge in [0.2, 0.25) is 0 Å².